The third kappa shape index (κ3) is 2.54. The Morgan fingerprint density at radius 2 is 1.75 bits per heavy atom. The number of carbonyl (C=O) groups excluding carboxylic acids is 1. The molecule has 0 saturated heterocycles. The van der Waals surface area contributed by atoms with E-state index in [2.05, 4.69) is 13.8 Å². The van der Waals surface area contributed by atoms with Crippen LogP contribution in [0.4, 0.5) is 0 Å². The van der Waals surface area contributed by atoms with Crippen molar-refractivity contribution in [3.8, 4) is 0 Å². The fourth-order valence-corrected chi connectivity index (χ4v) is 7.88. The third-order valence-corrected chi connectivity index (χ3v) is 9.50. The number of carboxylic acids is 2. The molecular weight excluding hydrogens is 356 g/mol. The lowest BCUT2D eigenvalue weighted by atomic mass is 9.45. The molecule has 0 heterocycles. The highest BCUT2D eigenvalue weighted by molar-refractivity contribution is 5.91. The zero-order chi connectivity index (χ0) is 20.3. The van der Waals surface area contributed by atoms with Gasteiger partial charge in [0.05, 0.1) is 5.41 Å². The van der Waals surface area contributed by atoms with E-state index in [1.165, 1.54) is 5.57 Å². The number of allylic oxidation sites excluding steroid dienone is 1. The van der Waals surface area contributed by atoms with E-state index >= 15 is 0 Å². The van der Waals surface area contributed by atoms with Gasteiger partial charge in [0.1, 0.15) is 0 Å². The summed E-state index contributed by atoms with van der Waals surface area (Å²) >= 11 is 0. The molecule has 0 unspecified atom stereocenters. The van der Waals surface area contributed by atoms with Crippen molar-refractivity contribution in [1.29, 1.82) is 0 Å². The quantitative estimate of drug-likeness (QED) is 0.742. The molecule has 2 N–H and O–H groups in total. The van der Waals surface area contributed by atoms with Gasteiger partial charge in [-0.3, -0.25) is 14.4 Å². The number of aliphatic carboxylic acids is 2. The number of rotatable bonds is 4. The molecule has 154 valence electrons. The number of carbonyl (C=O) groups is 3. The summed E-state index contributed by atoms with van der Waals surface area (Å²) in [7, 11) is 0. The van der Waals surface area contributed by atoms with Crippen LogP contribution in [0.1, 0.15) is 78.1 Å². The van der Waals surface area contributed by atoms with Gasteiger partial charge >= 0.3 is 11.9 Å². The van der Waals surface area contributed by atoms with Crippen LogP contribution in [0, 0.1) is 34.0 Å². The Bertz CT molecular complexity index is 754. The Balaban J connectivity index is 1.67. The van der Waals surface area contributed by atoms with Crippen LogP contribution in [0.3, 0.4) is 0 Å². The van der Waals surface area contributed by atoms with Crippen LogP contribution in [0.25, 0.3) is 0 Å². The van der Waals surface area contributed by atoms with E-state index in [0.717, 1.165) is 38.5 Å². The molecule has 0 aromatic heterocycles. The van der Waals surface area contributed by atoms with Crippen molar-refractivity contribution in [3.05, 3.63) is 11.6 Å². The van der Waals surface area contributed by atoms with Gasteiger partial charge in [-0.1, -0.05) is 19.4 Å². The van der Waals surface area contributed by atoms with E-state index in [9.17, 15) is 24.6 Å². The first-order valence-corrected chi connectivity index (χ1v) is 10.8. The van der Waals surface area contributed by atoms with Gasteiger partial charge in [0.25, 0.3) is 0 Å². The molecule has 4 rings (SSSR count). The van der Waals surface area contributed by atoms with E-state index in [1.807, 2.05) is 6.08 Å². The largest absolute Gasteiger partial charge is 0.481 e. The number of hydrogen-bond acceptors (Lipinski definition) is 3. The maximum atomic E-state index is 12.4. The Labute approximate surface area is 166 Å². The average molecular weight is 389 g/mol. The minimum absolute atomic E-state index is 0.0740. The van der Waals surface area contributed by atoms with Gasteiger partial charge in [-0.15, -0.1) is 0 Å². The Hall–Kier alpha value is -1.65. The van der Waals surface area contributed by atoms with Crippen LogP contribution in [0.2, 0.25) is 0 Å². The minimum Gasteiger partial charge on any atom is -0.481 e. The predicted molar refractivity (Wildman–Crippen MR) is 104 cm³/mol. The van der Waals surface area contributed by atoms with E-state index < -0.39 is 17.4 Å². The molecule has 0 aromatic carbocycles. The molecule has 0 aliphatic heterocycles. The summed E-state index contributed by atoms with van der Waals surface area (Å²) in [5.41, 5.74) is 0.146. The summed E-state index contributed by atoms with van der Waals surface area (Å²) < 4.78 is 0. The topological polar surface area (TPSA) is 91.7 Å². The summed E-state index contributed by atoms with van der Waals surface area (Å²) in [4.78, 5) is 35.6. The van der Waals surface area contributed by atoms with Crippen LogP contribution >= 0.6 is 0 Å². The monoisotopic (exact) mass is 388 g/mol. The molecule has 3 saturated carbocycles. The number of ketones is 1. The molecule has 5 heteroatoms. The molecule has 0 radical (unpaired) electrons. The van der Waals surface area contributed by atoms with Gasteiger partial charge in [-0.25, -0.2) is 0 Å². The standard InChI is InChI=1S/C23H32O5/c1-21-9-5-15(24)13-14(21)3-4-16-17(21)6-10-22(2)18(16)7-11-23(22,20(27)28)12-8-19(25)26/h13,16-18H,3-12H2,1-2H3,(H,25,26)(H,27,28)/t16-,17+,18+,21+,22+,23-/m1/s1. The molecule has 0 spiro atoms. The zero-order valence-corrected chi connectivity index (χ0v) is 17.0. The molecule has 0 bridgehead atoms. The molecular formula is C23H32O5. The van der Waals surface area contributed by atoms with Crippen LogP contribution in [0.5, 0.6) is 0 Å². The Morgan fingerprint density at radius 1 is 1.04 bits per heavy atom. The second-order valence-corrected chi connectivity index (χ2v) is 10.2. The molecule has 6 atom stereocenters. The molecule has 0 amide bonds. The highest BCUT2D eigenvalue weighted by atomic mass is 16.4. The molecule has 4 aliphatic rings. The molecule has 0 aromatic rings. The molecule has 3 fully saturated rings. The van der Waals surface area contributed by atoms with Gasteiger partial charge in [-0.2, -0.15) is 0 Å². The lowest BCUT2D eigenvalue weighted by Crippen LogP contribution is -2.54. The number of hydrogen-bond donors (Lipinski definition) is 2. The van der Waals surface area contributed by atoms with Gasteiger partial charge in [-0.05, 0) is 86.0 Å². The molecule has 4 aliphatic carbocycles. The van der Waals surface area contributed by atoms with Gasteiger partial charge in [0.2, 0.25) is 0 Å². The minimum atomic E-state index is -0.916. The van der Waals surface area contributed by atoms with Crippen molar-refractivity contribution < 1.29 is 24.6 Å². The lowest BCUT2D eigenvalue weighted by molar-refractivity contribution is -0.165. The predicted octanol–water partition coefficient (Wildman–Crippen LogP) is 4.45. The first-order valence-electron chi connectivity index (χ1n) is 10.8. The summed E-state index contributed by atoms with van der Waals surface area (Å²) in [6, 6.07) is 0. The smallest absolute Gasteiger partial charge is 0.310 e. The van der Waals surface area contributed by atoms with Crippen molar-refractivity contribution >= 4 is 17.7 Å². The van der Waals surface area contributed by atoms with Gasteiger partial charge in [0.15, 0.2) is 5.78 Å². The van der Waals surface area contributed by atoms with Crippen LogP contribution in [-0.2, 0) is 14.4 Å². The maximum Gasteiger partial charge on any atom is 0.310 e. The van der Waals surface area contributed by atoms with E-state index in [1.54, 1.807) is 0 Å². The fraction of sp³-hybridized carbons (Fsp3) is 0.783. The summed E-state index contributed by atoms with van der Waals surface area (Å²) in [6.45, 7) is 4.46. The van der Waals surface area contributed by atoms with E-state index in [4.69, 9.17) is 0 Å². The Morgan fingerprint density at radius 3 is 2.43 bits per heavy atom. The van der Waals surface area contributed by atoms with Gasteiger partial charge < -0.3 is 10.2 Å². The number of carboxylic acid groups (broad SMARTS) is 2. The van der Waals surface area contributed by atoms with Crippen molar-refractivity contribution in [2.45, 2.75) is 78.1 Å². The van der Waals surface area contributed by atoms with Crippen LogP contribution < -0.4 is 0 Å². The van der Waals surface area contributed by atoms with Crippen LogP contribution in [0.15, 0.2) is 11.6 Å². The number of fused-ring (bicyclic) bond motifs is 5. The fourth-order valence-electron chi connectivity index (χ4n) is 7.88. The van der Waals surface area contributed by atoms with E-state index in [0.29, 0.717) is 30.6 Å². The van der Waals surface area contributed by atoms with Crippen molar-refractivity contribution in [2.75, 3.05) is 0 Å². The average Bonchev–Trinajstić information content (AvgIpc) is 2.94. The normalized spacial score (nSPS) is 44.9. The second kappa shape index (κ2) is 6.43. The van der Waals surface area contributed by atoms with Crippen molar-refractivity contribution in [1.82, 2.24) is 0 Å². The van der Waals surface area contributed by atoms with Crippen LogP contribution in [-0.4, -0.2) is 27.9 Å². The van der Waals surface area contributed by atoms with Crippen molar-refractivity contribution in [3.63, 3.8) is 0 Å². The van der Waals surface area contributed by atoms with Gasteiger partial charge in [0, 0.05) is 12.8 Å². The molecule has 28 heavy (non-hydrogen) atoms. The van der Waals surface area contributed by atoms with E-state index in [-0.39, 0.29) is 29.5 Å². The summed E-state index contributed by atoms with van der Waals surface area (Å²) in [5.74, 6) is -0.114. The molecule has 5 nitrogen and oxygen atoms in total. The summed E-state index contributed by atoms with van der Waals surface area (Å²) in [5, 5.41) is 19.4. The lowest BCUT2D eigenvalue weighted by Gasteiger charge is -2.59. The highest BCUT2D eigenvalue weighted by Crippen LogP contribution is 2.70. The first kappa shape index (κ1) is 19.7. The van der Waals surface area contributed by atoms with Crippen molar-refractivity contribution in [2.24, 2.45) is 34.0 Å². The zero-order valence-electron chi connectivity index (χ0n) is 17.0. The Kier molecular flexibility index (Phi) is 4.51. The third-order valence-electron chi connectivity index (χ3n) is 9.50. The highest BCUT2D eigenvalue weighted by Gasteiger charge is 2.66. The first-order chi connectivity index (χ1) is 13.1. The second-order valence-electron chi connectivity index (χ2n) is 10.2. The maximum absolute atomic E-state index is 12.4. The summed E-state index contributed by atoms with van der Waals surface area (Å²) in [6.07, 6.45) is 8.91. The SMILES string of the molecule is C[C@]12CCC(=O)C=C1CC[C@@H]1[C@@H]2CC[C@@]2(C)[C@H]1CC[C@@]2(CCC(=O)O)C(=O)O.